The number of carbonyl (C=O) groups is 1. The summed E-state index contributed by atoms with van der Waals surface area (Å²) in [6.45, 7) is 5.51. The molecule has 1 saturated heterocycles. The molecule has 1 aliphatic rings. The van der Waals surface area contributed by atoms with Gasteiger partial charge in [-0.15, -0.1) is 0 Å². The number of sulfonamides is 1. The molecule has 0 aliphatic carbocycles. The molecule has 37 heavy (non-hydrogen) atoms. The first-order chi connectivity index (χ1) is 17.1. The third-order valence-electron chi connectivity index (χ3n) is 6.63. The standard InChI is InChI=1S/C24H29Cl2F3N4O3S/c1-16-15-32(10-11-33(16)37(3,35)36)9-8-23(2,18-5-6-19(25)20(26)12-18)22(34)31-14-17-4-7-21(30-13-17)24(27,28)29/h4-7,12-13,16H,8-11,14-15H2,1-3H3,(H,31,34). The molecule has 1 amide bonds. The highest BCUT2D eigenvalue weighted by Crippen LogP contribution is 2.34. The van der Waals surface area contributed by atoms with E-state index >= 15 is 0 Å². The van der Waals surface area contributed by atoms with Crippen molar-refractivity contribution in [1.29, 1.82) is 0 Å². The van der Waals surface area contributed by atoms with Gasteiger partial charge in [-0.3, -0.25) is 9.78 Å². The third-order valence-corrected chi connectivity index (χ3v) is 8.76. The number of benzene rings is 1. The highest BCUT2D eigenvalue weighted by atomic mass is 35.5. The molecule has 1 aliphatic heterocycles. The van der Waals surface area contributed by atoms with Crippen molar-refractivity contribution in [3.63, 3.8) is 0 Å². The molecule has 2 heterocycles. The van der Waals surface area contributed by atoms with Crippen LogP contribution in [0.15, 0.2) is 36.5 Å². The minimum atomic E-state index is -4.54. The maximum absolute atomic E-state index is 13.5. The van der Waals surface area contributed by atoms with Crippen molar-refractivity contribution in [3.8, 4) is 0 Å². The minimum Gasteiger partial charge on any atom is -0.351 e. The molecule has 0 spiro atoms. The highest BCUT2D eigenvalue weighted by molar-refractivity contribution is 7.88. The molecule has 1 N–H and O–H groups in total. The van der Waals surface area contributed by atoms with E-state index in [9.17, 15) is 26.4 Å². The van der Waals surface area contributed by atoms with Crippen LogP contribution in [0.3, 0.4) is 0 Å². The van der Waals surface area contributed by atoms with Crippen molar-refractivity contribution in [2.24, 2.45) is 0 Å². The van der Waals surface area contributed by atoms with Gasteiger partial charge in [0.2, 0.25) is 15.9 Å². The summed E-state index contributed by atoms with van der Waals surface area (Å²) in [4.78, 5) is 19.0. The van der Waals surface area contributed by atoms with Gasteiger partial charge in [0.25, 0.3) is 0 Å². The Balaban J connectivity index is 1.75. The molecule has 2 unspecified atom stereocenters. The van der Waals surface area contributed by atoms with Gasteiger partial charge in [0.1, 0.15) is 5.69 Å². The zero-order chi connectivity index (χ0) is 27.6. The van der Waals surface area contributed by atoms with Crippen molar-refractivity contribution in [3.05, 3.63) is 63.4 Å². The fraction of sp³-hybridized carbons (Fsp3) is 0.500. The second-order valence-corrected chi connectivity index (χ2v) is 12.2. The number of aromatic nitrogens is 1. The maximum Gasteiger partial charge on any atom is 0.433 e. The molecular formula is C24H29Cl2F3N4O3S. The van der Waals surface area contributed by atoms with Crippen molar-refractivity contribution < 1.29 is 26.4 Å². The van der Waals surface area contributed by atoms with Crippen molar-refractivity contribution in [2.45, 2.75) is 44.4 Å². The number of nitrogens with zero attached hydrogens (tertiary/aromatic N) is 3. The van der Waals surface area contributed by atoms with Crippen LogP contribution in [0.2, 0.25) is 10.0 Å². The van der Waals surface area contributed by atoms with E-state index in [0.717, 1.165) is 12.3 Å². The van der Waals surface area contributed by atoms with Crippen molar-refractivity contribution in [2.75, 3.05) is 32.4 Å². The Hall–Kier alpha value is -1.92. The number of hydrogen-bond acceptors (Lipinski definition) is 5. The number of alkyl halides is 3. The quantitative estimate of drug-likeness (QED) is 0.502. The maximum atomic E-state index is 13.5. The lowest BCUT2D eigenvalue weighted by atomic mass is 9.78. The van der Waals surface area contributed by atoms with Crippen LogP contribution in [-0.4, -0.2) is 67.0 Å². The number of nitrogens with one attached hydrogen (secondary N) is 1. The predicted octanol–water partition coefficient (Wildman–Crippen LogP) is 4.34. The Morgan fingerprint density at radius 3 is 2.41 bits per heavy atom. The Labute approximate surface area is 225 Å². The molecule has 1 aromatic carbocycles. The van der Waals surface area contributed by atoms with Crippen LogP contribution in [-0.2, 0) is 33.0 Å². The zero-order valence-electron chi connectivity index (χ0n) is 20.6. The Morgan fingerprint density at radius 1 is 1.16 bits per heavy atom. The van der Waals surface area contributed by atoms with E-state index in [2.05, 4.69) is 15.2 Å². The van der Waals surface area contributed by atoms with E-state index in [1.807, 2.05) is 6.92 Å². The number of rotatable bonds is 8. The van der Waals surface area contributed by atoms with E-state index < -0.39 is 27.3 Å². The number of halogens is 5. The number of carbonyl (C=O) groups excluding carboxylic acids is 1. The molecule has 2 atom stereocenters. The summed E-state index contributed by atoms with van der Waals surface area (Å²) < 4.78 is 63.8. The van der Waals surface area contributed by atoms with Gasteiger partial charge in [-0.1, -0.05) is 35.3 Å². The normalized spacial score (nSPS) is 19.4. The summed E-state index contributed by atoms with van der Waals surface area (Å²) in [5.74, 6) is -0.339. The lowest BCUT2D eigenvalue weighted by Crippen LogP contribution is -2.54. The second kappa shape index (κ2) is 11.4. The molecule has 7 nitrogen and oxygen atoms in total. The van der Waals surface area contributed by atoms with Crippen LogP contribution in [0.5, 0.6) is 0 Å². The van der Waals surface area contributed by atoms with Crippen LogP contribution in [0.4, 0.5) is 13.2 Å². The smallest absolute Gasteiger partial charge is 0.351 e. The second-order valence-electron chi connectivity index (χ2n) is 9.47. The van der Waals surface area contributed by atoms with Crippen LogP contribution in [0.1, 0.15) is 37.1 Å². The van der Waals surface area contributed by atoms with Crippen LogP contribution >= 0.6 is 23.2 Å². The molecule has 1 aromatic heterocycles. The molecule has 0 bridgehead atoms. The average Bonchev–Trinajstić information content (AvgIpc) is 2.81. The van der Waals surface area contributed by atoms with Crippen molar-refractivity contribution >= 4 is 39.1 Å². The van der Waals surface area contributed by atoms with Gasteiger partial charge < -0.3 is 10.2 Å². The molecule has 2 aromatic rings. The van der Waals surface area contributed by atoms with E-state index in [1.165, 1.54) is 16.6 Å². The summed E-state index contributed by atoms with van der Waals surface area (Å²) in [6, 6.07) is 6.90. The number of pyridine rings is 1. The summed E-state index contributed by atoms with van der Waals surface area (Å²) in [7, 11) is -3.30. The fourth-order valence-electron chi connectivity index (χ4n) is 4.40. The first kappa shape index (κ1) is 29.6. The molecule has 3 rings (SSSR count). The largest absolute Gasteiger partial charge is 0.433 e. The van der Waals surface area contributed by atoms with E-state index in [-0.39, 0.29) is 18.5 Å². The predicted molar refractivity (Wildman–Crippen MR) is 137 cm³/mol. The zero-order valence-corrected chi connectivity index (χ0v) is 23.0. The molecule has 0 radical (unpaired) electrons. The summed E-state index contributed by atoms with van der Waals surface area (Å²) in [6.07, 6.45) is -1.88. The minimum absolute atomic E-state index is 0.00898. The highest BCUT2D eigenvalue weighted by Gasteiger charge is 2.37. The van der Waals surface area contributed by atoms with Gasteiger partial charge in [0.05, 0.1) is 21.7 Å². The molecule has 204 valence electrons. The first-order valence-electron chi connectivity index (χ1n) is 11.6. The lowest BCUT2D eigenvalue weighted by molar-refractivity contribution is -0.141. The summed E-state index contributed by atoms with van der Waals surface area (Å²) in [5, 5.41) is 3.45. The first-order valence-corrected chi connectivity index (χ1v) is 14.2. The monoisotopic (exact) mass is 580 g/mol. The van der Waals surface area contributed by atoms with Gasteiger partial charge in [-0.05, 0) is 56.1 Å². The fourth-order valence-corrected chi connectivity index (χ4v) is 5.83. The van der Waals surface area contributed by atoms with Crippen LogP contribution in [0.25, 0.3) is 0 Å². The average molecular weight is 581 g/mol. The van der Waals surface area contributed by atoms with Gasteiger partial charge in [-0.25, -0.2) is 8.42 Å². The van der Waals surface area contributed by atoms with Gasteiger partial charge in [-0.2, -0.15) is 17.5 Å². The van der Waals surface area contributed by atoms with Gasteiger partial charge in [0.15, 0.2) is 0 Å². The molecule has 1 fully saturated rings. The Bertz CT molecular complexity index is 1230. The number of amides is 1. The molecule has 13 heteroatoms. The van der Waals surface area contributed by atoms with E-state index in [4.69, 9.17) is 23.2 Å². The van der Waals surface area contributed by atoms with Crippen LogP contribution in [0, 0.1) is 0 Å². The van der Waals surface area contributed by atoms with E-state index in [0.29, 0.717) is 53.8 Å². The van der Waals surface area contributed by atoms with Gasteiger partial charge >= 0.3 is 6.18 Å². The third kappa shape index (κ3) is 7.35. The number of piperazine rings is 1. The van der Waals surface area contributed by atoms with Crippen molar-refractivity contribution in [1.82, 2.24) is 19.5 Å². The topological polar surface area (TPSA) is 82.6 Å². The van der Waals surface area contributed by atoms with Crippen LogP contribution < -0.4 is 5.32 Å². The molecular weight excluding hydrogens is 552 g/mol. The van der Waals surface area contributed by atoms with Gasteiger partial charge in [0, 0.05) is 38.4 Å². The van der Waals surface area contributed by atoms with E-state index in [1.54, 1.807) is 25.1 Å². The SMILES string of the molecule is CC1CN(CCC(C)(C(=O)NCc2ccc(C(F)(F)F)nc2)c2ccc(Cl)c(Cl)c2)CCN1S(C)(=O)=O. The Morgan fingerprint density at radius 2 is 1.86 bits per heavy atom. The molecule has 0 saturated carbocycles. The number of hydrogen-bond donors (Lipinski definition) is 1. The summed E-state index contributed by atoms with van der Waals surface area (Å²) >= 11 is 12.3. The Kier molecular flexibility index (Phi) is 9.17. The lowest BCUT2D eigenvalue weighted by Gasteiger charge is -2.40. The summed E-state index contributed by atoms with van der Waals surface area (Å²) in [5.41, 5.74) is -1.00.